The van der Waals surface area contributed by atoms with Gasteiger partial charge in [0.2, 0.25) is 0 Å². The minimum atomic E-state index is -0.448. The Labute approximate surface area is 215 Å². The summed E-state index contributed by atoms with van der Waals surface area (Å²) < 4.78 is 12.2. The second-order valence-corrected chi connectivity index (χ2v) is 8.26. The van der Waals surface area contributed by atoms with E-state index in [2.05, 4.69) is 46.4 Å². The molecule has 0 radical (unpaired) electrons. The van der Waals surface area contributed by atoms with Crippen LogP contribution in [-0.4, -0.2) is 23.7 Å². The minimum absolute atomic E-state index is 0.116. The van der Waals surface area contributed by atoms with Crippen molar-refractivity contribution in [1.29, 1.82) is 0 Å². The SMILES string of the molecule is C=CCc1cc(C=NNC(=O)c2cccnc2Cl)cc(OCC)c1OCc1cccc2ccccc12. The van der Waals surface area contributed by atoms with Crippen LogP contribution in [0, 0.1) is 0 Å². The second-order valence-electron chi connectivity index (χ2n) is 7.90. The number of ether oxygens (including phenoxy) is 2. The zero-order valence-corrected chi connectivity index (χ0v) is 20.7. The van der Waals surface area contributed by atoms with Gasteiger partial charge in [0.05, 0.1) is 18.4 Å². The van der Waals surface area contributed by atoms with Gasteiger partial charge in [0.1, 0.15) is 11.8 Å². The Kier molecular flexibility index (Phi) is 8.32. The third kappa shape index (κ3) is 5.90. The summed E-state index contributed by atoms with van der Waals surface area (Å²) in [5.74, 6) is 0.809. The fraction of sp³-hybridized carbons (Fsp3) is 0.138. The molecule has 1 aromatic heterocycles. The first-order valence-electron chi connectivity index (χ1n) is 11.5. The van der Waals surface area contributed by atoms with Gasteiger partial charge in [-0.2, -0.15) is 5.10 Å². The lowest BCUT2D eigenvalue weighted by Gasteiger charge is -2.17. The molecule has 36 heavy (non-hydrogen) atoms. The number of carbonyl (C=O) groups excluding carboxylic acids is 1. The molecule has 4 rings (SSSR count). The largest absolute Gasteiger partial charge is 0.490 e. The summed E-state index contributed by atoms with van der Waals surface area (Å²) >= 11 is 5.99. The van der Waals surface area contributed by atoms with E-state index in [1.54, 1.807) is 18.3 Å². The highest BCUT2D eigenvalue weighted by Gasteiger charge is 2.14. The van der Waals surface area contributed by atoms with E-state index in [0.717, 1.165) is 27.5 Å². The summed E-state index contributed by atoms with van der Waals surface area (Å²) in [6.45, 7) is 6.66. The number of fused-ring (bicyclic) bond motifs is 1. The zero-order chi connectivity index (χ0) is 25.3. The maximum atomic E-state index is 12.4. The third-order valence-electron chi connectivity index (χ3n) is 5.45. The molecule has 1 heterocycles. The molecule has 6 nitrogen and oxygen atoms in total. The van der Waals surface area contributed by atoms with Gasteiger partial charge in [-0.1, -0.05) is 60.1 Å². The van der Waals surface area contributed by atoms with Crippen molar-refractivity contribution < 1.29 is 14.3 Å². The Morgan fingerprint density at radius 3 is 2.72 bits per heavy atom. The van der Waals surface area contributed by atoms with Gasteiger partial charge in [0.25, 0.3) is 5.91 Å². The summed E-state index contributed by atoms with van der Waals surface area (Å²) in [4.78, 5) is 16.3. The predicted molar refractivity (Wildman–Crippen MR) is 144 cm³/mol. The summed E-state index contributed by atoms with van der Waals surface area (Å²) in [5, 5.41) is 6.51. The maximum Gasteiger partial charge on any atom is 0.274 e. The molecule has 0 saturated carbocycles. The van der Waals surface area contributed by atoms with Gasteiger partial charge in [-0.25, -0.2) is 10.4 Å². The van der Waals surface area contributed by atoms with Crippen LogP contribution >= 0.6 is 11.6 Å². The molecule has 0 atom stereocenters. The van der Waals surface area contributed by atoms with Crippen molar-refractivity contribution >= 4 is 34.5 Å². The van der Waals surface area contributed by atoms with E-state index in [1.807, 2.05) is 43.3 Å². The fourth-order valence-electron chi connectivity index (χ4n) is 3.84. The number of halogens is 1. The predicted octanol–water partition coefficient (Wildman–Crippen LogP) is 6.36. The Bertz CT molecular complexity index is 1410. The maximum absolute atomic E-state index is 12.4. The molecule has 7 heteroatoms. The summed E-state index contributed by atoms with van der Waals surface area (Å²) in [5.41, 5.74) is 5.46. The van der Waals surface area contributed by atoms with Crippen molar-refractivity contribution in [1.82, 2.24) is 10.4 Å². The number of nitrogens with zero attached hydrogens (tertiary/aromatic N) is 2. The number of nitrogens with one attached hydrogen (secondary N) is 1. The van der Waals surface area contributed by atoms with Crippen molar-refractivity contribution in [3.05, 3.63) is 113 Å². The molecule has 0 unspecified atom stereocenters. The van der Waals surface area contributed by atoms with Gasteiger partial charge in [0.15, 0.2) is 11.5 Å². The number of carbonyl (C=O) groups is 1. The van der Waals surface area contributed by atoms with Crippen molar-refractivity contribution in [2.75, 3.05) is 6.61 Å². The van der Waals surface area contributed by atoms with Crippen LogP contribution in [0.2, 0.25) is 5.15 Å². The van der Waals surface area contributed by atoms with Gasteiger partial charge in [0, 0.05) is 11.8 Å². The number of pyridine rings is 1. The lowest BCUT2D eigenvalue weighted by Crippen LogP contribution is -2.18. The first-order valence-corrected chi connectivity index (χ1v) is 11.9. The van der Waals surface area contributed by atoms with Gasteiger partial charge < -0.3 is 9.47 Å². The normalized spacial score (nSPS) is 10.9. The Morgan fingerprint density at radius 1 is 1.08 bits per heavy atom. The molecule has 4 aromatic rings. The average Bonchev–Trinajstić information content (AvgIpc) is 2.89. The van der Waals surface area contributed by atoms with Crippen molar-refractivity contribution in [3.63, 3.8) is 0 Å². The van der Waals surface area contributed by atoms with E-state index >= 15 is 0 Å². The molecule has 0 aliphatic heterocycles. The Balaban J connectivity index is 1.58. The monoisotopic (exact) mass is 499 g/mol. The molecule has 0 saturated heterocycles. The van der Waals surface area contributed by atoms with E-state index in [0.29, 0.717) is 31.1 Å². The zero-order valence-electron chi connectivity index (χ0n) is 19.9. The van der Waals surface area contributed by atoms with Crippen LogP contribution in [-0.2, 0) is 13.0 Å². The number of aromatic nitrogens is 1. The molecular weight excluding hydrogens is 474 g/mol. The molecule has 0 aliphatic carbocycles. The summed E-state index contributed by atoms with van der Waals surface area (Å²) in [7, 11) is 0. The lowest BCUT2D eigenvalue weighted by molar-refractivity contribution is 0.0955. The number of amides is 1. The first kappa shape index (κ1) is 24.9. The van der Waals surface area contributed by atoms with E-state index in [9.17, 15) is 4.79 Å². The number of rotatable bonds is 10. The summed E-state index contributed by atoms with van der Waals surface area (Å²) in [6, 6.07) is 21.4. The second kappa shape index (κ2) is 12.0. The molecule has 182 valence electrons. The lowest BCUT2D eigenvalue weighted by atomic mass is 10.0. The van der Waals surface area contributed by atoms with E-state index < -0.39 is 5.91 Å². The average molecular weight is 500 g/mol. The van der Waals surface area contributed by atoms with Crippen LogP contribution < -0.4 is 14.9 Å². The van der Waals surface area contributed by atoms with Crippen LogP contribution in [0.4, 0.5) is 0 Å². The molecule has 0 fully saturated rings. The number of hydrogen-bond donors (Lipinski definition) is 1. The smallest absolute Gasteiger partial charge is 0.274 e. The van der Waals surface area contributed by atoms with E-state index in [-0.39, 0.29) is 10.7 Å². The van der Waals surface area contributed by atoms with Crippen LogP contribution in [0.1, 0.15) is 34.0 Å². The number of hydrogen-bond acceptors (Lipinski definition) is 5. The first-order chi connectivity index (χ1) is 17.6. The van der Waals surface area contributed by atoms with Gasteiger partial charge >= 0.3 is 0 Å². The topological polar surface area (TPSA) is 72.8 Å². The number of hydrazone groups is 1. The van der Waals surface area contributed by atoms with Crippen LogP contribution in [0.15, 0.2) is 90.7 Å². The number of allylic oxidation sites excluding steroid dienone is 1. The molecule has 0 bridgehead atoms. The van der Waals surface area contributed by atoms with Crippen molar-refractivity contribution in [2.24, 2.45) is 5.10 Å². The third-order valence-corrected chi connectivity index (χ3v) is 5.75. The van der Waals surface area contributed by atoms with Gasteiger partial charge in [-0.3, -0.25) is 4.79 Å². The molecule has 1 N–H and O–H groups in total. The van der Waals surface area contributed by atoms with Gasteiger partial charge in [-0.15, -0.1) is 6.58 Å². The molecule has 1 amide bonds. The quantitative estimate of drug-likeness (QED) is 0.119. The molecule has 3 aromatic carbocycles. The van der Waals surface area contributed by atoms with Crippen LogP contribution in [0.3, 0.4) is 0 Å². The minimum Gasteiger partial charge on any atom is -0.490 e. The molecule has 0 spiro atoms. The molecular formula is C29H26ClN3O3. The number of benzene rings is 3. The molecule has 0 aliphatic rings. The standard InChI is InChI=1S/C29H26ClN3O3/c1-3-9-22-16-20(18-32-33-29(34)25-14-8-15-31-28(25)30)17-26(35-4-2)27(22)36-19-23-12-7-11-21-10-5-6-13-24(21)23/h3,5-8,10-18H,1,4,9,19H2,2H3,(H,33,34). The van der Waals surface area contributed by atoms with E-state index in [1.165, 1.54) is 6.20 Å². The Morgan fingerprint density at radius 2 is 1.92 bits per heavy atom. The van der Waals surface area contributed by atoms with E-state index in [4.69, 9.17) is 21.1 Å². The van der Waals surface area contributed by atoms with Crippen LogP contribution in [0.25, 0.3) is 10.8 Å². The highest BCUT2D eigenvalue weighted by molar-refractivity contribution is 6.32. The highest BCUT2D eigenvalue weighted by atomic mass is 35.5. The van der Waals surface area contributed by atoms with Crippen LogP contribution in [0.5, 0.6) is 11.5 Å². The highest BCUT2D eigenvalue weighted by Crippen LogP contribution is 2.35. The fourth-order valence-corrected chi connectivity index (χ4v) is 4.05. The van der Waals surface area contributed by atoms with Gasteiger partial charge in [-0.05, 0) is 59.5 Å². The van der Waals surface area contributed by atoms with Crippen molar-refractivity contribution in [2.45, 2.75) is 20.0 Å². The Hall–Kier alpha value is -4.16. The van der Waals surface area contributed by atoms with Crippen molar-refractivity contribution in [3.8, 4) is 11.5 Å². The summed E-state index contributed by atoms with van der Waals surface area (Å²) in [6.07, 6.45) is 5.45.